The van der Waals surface area contributed by atoms with Crippen LogP contribution in [0.5, 0.6) is 0 Å². The number of aromatic nitrogens is 2. The van der Waals surface area contributed by atoms with Crippen molar-refractivity contribution in [2.75, 3.05) is 0 Å². The minimum Gasteiger partial charge on any atom is -0.481 e. The quantitative estimate of drug-likeness (QED) is 0.195. The summed E-state index contributed by atoms with van der Waals surface area (Å²) < 4.78 is 1.98. The topological polar surface area (TPSA) is 72.2 Å². The maximum atomic E-state index is 13.2. The first-order valence-electron chi connectivity index (χ1n) is 12.4. The number of carboxylic acids is 1. The second kappa shape index (κ2) is 14.3. The molecule has 0 fully saturated rings. The van der Waals surface area contributed by atoms with E-state index in [2.05, 4.69) is 11.1 Å². The summed E-state index contributed by atoms with van der Waals surface area (Å²) in [4.78, 5) is 28.7. The first kappa shape index (κ1) is 28.9. The Balaban J connectivity index is 0.00000210. The van der Waals surface area contributed by atoms with E-state index in [1.54, 1.807) is 19.2 Å². The number of nitrogens with zero attached hydrogens (tertiary/aromatic N) is 2. The van der Waals surface area contributed by atoms with E-state index in [0.29, 0.717) is 10.6 Å². The third kappa shape index (κ3) is 8.36. The fraction of sp³-hybridized carbons (Fsp3) is 0.464. The predicted molar refractivity (Wildman–Crippen MR) is 145 cm³/mol. The number of hydrogen-bond donors (Lipinski definition) is 1. The molecule has 0 aliphatic rings. The van der Waals surface area contributed by atoms with Gasteiger partial charge in [0.1, 0.15) is 5.65 Å². The monoisotopic (exact) mass is 518 g/mol. The van der Waals surface area contributed by atoms with Crippen molar-refractivity contribution < 1.29 is 14.7 Å². The molecule has 2 aromatic heterocycles. The van der Waals surface area contributed by atoms with Gasteiger partial charge in [0.25, 0.3) is 0 Å². The minimum atomic E-state index is -0.893. The number of carbonyl (C=O) groups is 2. The second-order valence-corrected chi connectivity index (χ2v) is 9.65. The van der Waals surface area contributed by atoms with Gasteiger partial charge in [-0.25, -0.2) is 4.98 Å². The van der Waals surface area contributed by atoms with E-state index in [1.807, 2.05) is 43.7 Å². The van der Waals surface area contributed by atoms with Crippen LogP contribution in [0.2, 0.25) is 10.0 Å². The van der Waals surface area contributed by atoms with Crippen LogP contribution in [0.15, 0.2) is 36.5 Å². The number of ketones is 1. The van der Waals surface area contributed by atoms with Crippen molar-refractivity contribution in [2.24, 2.45) is 13.0 Å². The highest BCUT2D eigenvalue weighted by Gasteiger charge is 2.24. The van der Waals surface area contributed by atoms with Gasteiger partial charge < -0.3 is 9.67 Å². The van der Waals surface area contributed by atoms with Gasteiger partial charge >= 0.3 is 5.97 Å². The van der Waals surface area contributed by atoms with Gasteiger partial charge in [0, 0.05) is 47.8 Å². The van der Waals surface area contributed by atoms with E-state index < -0.39 is 5.97 Å². The van der Waals surface area contributed by atoms with E-state index in [1.165, 1.54) is 5.56 Å². The molecule has 35 heavy (non-hydrogen) atoms. The summed E-state index contributed by atoms with van der Waals surface area (Å²) in [5, 5.41) is 11.1. The number of aryl methyl sites for hydroxylation is 2. The maximum absolute atomic E-state index is 13.2. The molecule has 1 atom stereocenters. The maximum Gasteiger partial charge on any atom is 0.303 e. The largest absolute Gasteiger partial charge is 0.481 e. The summed E-state index contributed by atoms with van der Waals surface area (Å²) in [5.41, 5.74) is 3.56. The number of hydrogen-bond acceptors (Lipinski definition) is 3. The summed E-state index contributed by atoms with van der Waals surface area (Å²) in [5.74, 6) is -1.18. The lowest BCUT2D eigenvalue weighted by Gasteiger charge is -2.10. The van der Waals surface area contributed by atoms with Crippen LogP contribution in [-0.2, 0) is 24.7 Å². The van der Waals surface area contributed by atoms with Crippen molar-refractivity contribution in [3.63, 3.8) is 0 Å². The molecule has 0 amide bonds. The zero-order valence-corrected chi connectivity index (χ0v) is 22.6. The molecule has 2 heterocycles. The second-order valence-electron chi connectivity index (χ2n) is 8.78. The number of unbranched alkanes of at least 4 members (excludes halogenated alkanes) is 3. The first-order valence-corrected chi connectivity index (χ1v) is 13.1. The molecule has 3 rings (SSSR count). The number of benzene rings is 1. The molecule has 0 saturated heterocycles. The molecule has 1 aromatic carbocycles. The molecule has 190 valence electrons. The van der Waals surface area contributed by atoms with Crippen molar-refractivity contribution >= 4 is 46.0 Å². The molecular weight excluding hydrogens is 483 g/mol. The highest BCUT2D eigenvalue weighted by Crippen LogP contribution is 2.30. The average Bonchev–Trinajstić information content (AvgIpc) is 3.07. The van der Waals surface area contributed by atoms with Crippen LogP contribution in [0, 0.1) is 5.92 Å². The van der Waals surface area contributed by atoms with Gasteiger partial charge in [-0.15, -0.1) is 0 Å². The number of pyridine rings is 1. The fourth-order valence-electron chi connectivity index (χ4n) is 4.39. The smallest absolute Gasteiger partial charge is 0.303 e. The zero-order chi connectivity index (χ0) is 26.0. The van der Waals surface area contributed by atoms with Crippen LogP contribution in [0.25, 0.3) is 11.0 Å². The van der Waals surface area contributed by atoms with E-state index in [4.69, 9.17) is 28.3 Å². The first-order chi connectivity index (χ1) is 16.8. The molecule has 7 heteroatoms. The summed E-state index contributed by atoms with van der Waals surface area (Å²) in [7, 11) is 1.93. The lowest BCUT2D eigenvalue weighted by molar-refractivity contribution is -0.137. The molecule has 0 aliphatic carbocycles. The summed E-state index contributed by atoms with van der Waals surface area (Å²) >= 11 is 12.2. The van der Waals surface area contributed by atoms with E-state index in [-0.39, 0.29) is 24.5 Å². The highest BCUT2D eigenvalue weighted by molar-refractivity contribution is 6.31. The molecular formula is C28H36Cl2N2O3. The van der Waals surface area contributed by atoms with E-state index >= 15 is 0 Å². The minimum absolute atomic E-state index is 0.0303. The Morgan fingerprint density at radius 2 is 1.69 bits per heavy atom. The lowest BCUT2D eigenvalue weighted by Crippen LogP contribution is -2.12. The van der Waals surface area contributed by atoms with E-state index in [9.17, 15) is 9.59 Å². The zero-order valence-electron chi connectivity index (χ0n) is 21.1. The molecule has 0 radical (unpaired) electrons. The van der Waals surface area contributed by atoms with Gasteiger partial charge in [0.15, 0.2) is 5.78 Å². The predicted octanol–water partition coefficient (Wildman–Crippen LogP) is 7.94. The number of carboxylic acid groups (broad SMARTS) is 1. The molecule has 0 aliphatic heterocycles. The fourth-order valence-corrected chi connectivity index (χ4v) is 4.77. The van der Waals surface area contributed by atoms with Crippen molar-refractivity contribution in [1.82, 2.24) is 9.55 Å². The molecule has 0 unspecified atom stereocenters. The Hall–Kier alpha value is -2.37. The SMILES string of the molecule is CC.C[C@H](CC(=O)O)CC(=O)c1c(CCCCCCc2cccc(Cl)c2)n(C)c2ncc(Cl)cc12. The Kier molecular flexibility index (Phi) is 11.8. The molecule has 3 aromatic rings. The average molecular weight is 520 g/mol. The number of Topliss-reactive ketones (excluding diaryl/α,β-unsaturated/α-hetero) is 1. The molecule has 1 N–H and O–H groups in total. The molecule has 0 saturated carbocycles. The van der Waals surface area contributed by atoms with Gasteiger partial charge in [0.05, 0.1) is 5.02 Å². The van der Waals surface area contributed by atoms with Crippen LogP contribution in [0.3, 0.4) is 0 Å². The third-order valence-corrected chi connectivity index (χ3v) is 6.41. The van der Waals surface area contributed by atoms with Gasteiger partial charge in [-0.05, 0) is 55.4 Å². The van der Waals surface area contributed by atoms with Crippen LogP contribution < -0.4 is 0 Å². The number of rotatable bonds is 12. The van der Waals surface area contributed by atoms with Crippen LogP contribution in [0.1, 0.15) is 80.9 Å². The Labute approximate surface area is 218 Å². The number of carbonyl (C=O) groups excluding carboxylic acids is 1. The van der Waals surface area contributed by atoms with Crippen molar-refractivity contribution in [1.29, 1.82) is 0 Å². The van der Waals surface area contributed by atoms with Crippen molar-refractivity contribution in [3.8, 4) is 0 Å². The Morgan fingerprint density at radius 3 is 2.34 bits per heavy atom. The number of aliphatic carboxylic acids is 1. The summed E-state index contributed by atoms with van der Waals surface area (Å²) in [6.45, 7) is 5.79. The van der Waals surface area contributed by atoms with Crippen molar-refractivity contribution in [3.05, 3.63) is 63.4 Å². The normalized spacial score (nSPS) is 11.7. The summed E-state index contributed by atoms with van der Waals surface area (Å²) in [6, 6.07) is 9.76. The molecule has 0 spiro atoms. The number of fused-ring (bicyclic) bond motifs is 1. The van der Waals surface area contributed by atoms with Gasteiger partial charge in [-0.3, -0.25) is 9.59 Å². The van der Waals surface area contributed by atoms with Crippen LogP contribution in [-0.4, -0.2) is 26.4 Å². The van der Waals surface area contributed by atoms with Gasteiger partial charge in [-0.1, -0.05) is 68.9 Å². The Morgan fingerprint density at radius 1 is 1.00 bits per heavy atom. The van der Waals surface area contributed by atoms with Crippen LogP contribution >= 0.6 is 23.2 Å². The lowest BCUT2D eigenvalue weighted by atomic mass is 9.94. The van der Waals surface area contributed by atoms with Gasteiger partial charge in [-0.2, -0.15) is 0 Å². The summed E-state index contributed by atoms with van der Waals surface area (Å²) in [6.07, 6.45) is 7.70. The standard InChI is InChI=1S/C26H30Cl2N2O3.C2H6/c1-17(13-24(32)33)12-23(31)25-21-15-20(28)16-29-26(21)30(2)22(25)11-6-4-3-5-8-18-9-7-10-19(27)14-18;1-2/h7,9-10,14-17H,3-6,8,11-13H2,1-2H3,(H,32,33);1-2H3/t17-;/m0./s1. The molecule has 5 nitrogen and oxygen atoms in total. The van der Waals surface area contributed by atoms with Crippen LogP contribution in [0.4, 0.5) is 0 Å². The Bertz CT molecular complexity index is 1140. The highest BCUT2D eigenvalue weighted by atomic mass is 35.5. The third-order valence-electron chi connectivity index (χ3n) is 5.97. The number of halogens is 2. The molecule has 0 bridgehead atoms. The van der Waals surface area contributed by atoms with E-state index in [0.717, 1.165) is 60.3 Å². The van der Waals surface area contributed by atoms with Crippen molar-refractivity contribution in [2.45, 2.75) is 72.1 Å². The van der Waals surface area contributed by atoms with Gasteiger partial charge in [0.2, 0.25) is 0 Å².